The van der Waals surface area contributed by atoms with Gasteiger partial charge in [0.2, 0.25) is 5.91 Å². The van der Waals surface area contributed by atoms with Crippen LogP contribution in [0.25, 0.3) is 0 Å². The van der Waals surface area contributed by atoms with Crippen LogP contribution in [-0.4, -0.2) is 42.1 Å². The van der Waals surface area contributed by atoms with Gasteiger partial charge in [0.25, 0.3) is 0 Å². The monoisotopic (exact) mass is 303 g/mol. The molecule has 2 unspecified atom stereocenters. The van der Waals surface area contributed by atoms with Crippen molar-refractivity contribution in [2.75, 3.05) is 20.2 Å². The normalized spacial score (nSPS) is 24.9. The number of nitrogens with zero attached hydrogens (tertiary/aromatic N) is 1. The van der Waals surface area contributed by atoms with Gasteiger partial charge in [-0.1, -0.05) is 12.1 Å². The van der Waals surface area contributed by atoms with Crippen LogP contribution in [0.1, 0.15) is 30.7 Å². The molecule has 0 aromatic heterocycles. The standard InChI is InChI=1S/C17H21NO4/c1-22-13-4-2-11(3-5-13)14-10-15(14)16(19)18-8-6-12(7-9-18)17(20)21/h2-5,12,14-15H,6-10H2,1H3,(H,20,21). The molecule has 1 heterocycles. The third kappa shape index (κ3) is 2.93. The Balaban J connectivity index is 1.55. The van der Waals surface area contributed by atoms with Crippen LogP contribution < -0.4 is 4.74 Å². The Morgan fingerprint density at radius 3 is 2.36 bits per heavy atom. The van der Waals surface area contributed by atoms with Gasteiger partial charge in [0.15, 0.2) is 0 Å². The van der Waals surface area contributed by atoms with Crippen molar-refractivity contribution in [1.82, 2.24) is 4.90 Å². The molecule has 1 aromatic rings. The average molecular weight is 303 g/mol. The third-order valence-corrected chi connectivity index (χ3v) is 4.81. The van der Waals surface area contributed by atoms with Gasteiger partial charge >= 0.3 is 5.97 Å². The number of carboxylic acids is 1. The molecule has 118 valence electrons. The summed E-state index contributed by atoms with van der Waals surface area (Å²) in [4.78, 5) is 25.3. The van der Waals surface area contributed by atoms with Gasteiger partial charge < -0.3 is 14.7 Å². The molecular formula is C17H21NO4. The van der Waals surface area contributed by atoms with Gasteiger partial charge in [0.1, 0.15) is 5.75 Å². The minimum absolute atomic E-state index is 0.0646. The molecule has 5 heteroatoms. The summed E-state index contributed by atoms with van der Waals surface area (Å²) in [6.07, 6.45) is 2.03. The van der Waals surface area contributed by atoms with E-state index in [1.807, 2.05) is 29.2 Å². The highest BCUT2D eigenvalue weighted by molar-refractivity contribution is 5.83. The minimum Gasteiger partial charge on any atom is -0.497 e. The van der Waals surface area contributed by atoms with Crippen molar-refractivity contribution in [3.05, 3.63) is 29.8 Å². The highest BCUT2D eigenvalue weighted by Gasteiger charge is 2.46. The zero-order valence-corrected chi connectivity index (χ0v) is 12.7. The van der Waals surface area contributed by atoms with Crippen LogP contribution in [-0.2, 0) is 9.59 Å². The van der Waals surface area contributed by atoms with Gasteiger partial charge in [-0.25, -0.2) is 0 Å². The maximum Gasteiger partial charge on any atom is 0.306 e. The summed E-state index contributed by atoms with van der Waals surface area (Å²) in [7, 11) is 1.64. The number of methoxy groups -OCH3 is 1. The molecule has 1 N–H and O–H groups in total. The molecule has 5 nitrogen and oxygen atoms in total. The predicted octanol–water partition coefficient (Wildman–Crippen LogP) is 2.12. The molecule has 2 atom stereocenters. The lowest BCUT2D eigenvalue weighted by Gasteiger charge is -2.30. The Hall–Kier alpha value is -2.04. The zero-order valence-electron chi connectivity index (χ0n) is 12.7. The topological polar surface area (TPSA) is 66.8 Å². The van der Waals surface area contributed by atoms with Crippen LogP contribution in [0.3, 0.4) is 0 Å². The molecule has 1 saturated carbocycles. The second-order valence-corrected chi connectivity index (χ2v) is 6.16. The van der Waals surface area contributed by atoms with Crippen molar-refractivity contribution in [1.29, 1.82) is 0 Å². The summed E-state index contributed by atoms with van der Waals surface area (Å²) in [5.41, 5.74) is 1.18. The van der Waals surface area contributed by atoms with Crippen molar-refractivity contribution in [3.63, 3.8) is 0 Å². The summed E-state index contributed by atoms with van der Waals surface area (Å²) in [5, 5.41) is 9.00. The quantitative estimate of drug-likeness (QED) is 0.925. The lowest BCUT2D eigenvalue weighted by Crippen LogP contribution is -2.41. The van der Waals surface area contributed by atoms with E-state index in [-0.39, 0.29) is 17.7 Å². The van der Waals surface area contributed by atoms with Gasteiger partial charge in [-0.15, -0.1) is 0 Å². The molecule has 3 rings (SSSR count). The lowest BCUT2D eigenvalue weighted by molar-refractivity contribution is -0.146. The van der Waals surface area contributed by atoms with Crippen LogP contribution in [0, 0.1) is 11.8 Å². The number of aliphatic carboxylic acids is 1. The second kappa shape index (κ2) is 5.99. The van der Waals surface area contributed by atoms with Crippen molar-refractivity contribution in [2.24, 2.45) is 11.8 Å². The SMILES string of the molecule is COc1ccc(C2CC2C(=O)N2CCC(C(=O)O)CC2)cc1. The van der Waals surface area contributed by atoms with Gasteiger partial charge in [0, 0.05) is 19.0 Å². The Kier molecular flexibility index (Phi) is 4.05. The van der Waals surface area contributed by atoms with E-state index in [2.05, 4.69) is 0 Å². The van der Waals surface area contributed by atoms with E-state index < -0.39 is 5.97 Å². The van der Waals surface area contributed by atoms with E-state index >= 15 is 0 Å². The number of carboxylic acid groups (broad SMARTS) is 1. The fourth-order valence-corrected chi connectivity index (χ4v) is 3.27. The maximum atomic E-state index is 12.5. The second-order valence-electron chi connectivity index (χ2n) is 6.16. The number of amides is 1. The maximum absolute atomic E-state index is 12.5. The van der Waals surface area contributed by atoms with Crippen LogP contribution >= 0.6 is 0 Å². The highest BCUT2D eigenvalue weighted by atomic mass is 16.5. The van der Waals surface area contributed by atoms with Gasteiger partial charge in [-0.05, 0) is 42.9 Å². The van der Waals surface area contributed by atoms with Gasteiger partial charge in [-0.3, -0.25) is 9.59 Å². The van der Waals surface area contributed by atoms with E-state index in [9.17, 15) is 9.59 Å². The fourth-order valence-electron chi connectivity index (χ4n) is 3.27. The molecule has 1 aliphatic heterocycles. The van der Waals surface area contributed by atoms with E-state index in [1.165, 1.54) is 5.56 Å². The highest BCUT2D eigenvalue weighted by Crippen LogP contribution is 2.49. The van der Waals surface area contributed by atoms with Crippen LogP contribution in [0.15, 0.2) is 24.3 Å². The van der Waals surface area contributed by atoms with E-state index in [0.29, 0.717) is 31.8 Å². The first kappa shape index (κ1) is 14.9. The summed E-state index contributed by atoms with van der Waals surface area (Å²) in [6, 6.07) is 7.89. The van der Waals surface area contributed by atoms with Crippen molar-refractivity contribution in [2.45, 2.75) is 25.2 Å². The van der Waals surface area contributed by atoms with E-state index in [1.54, 1.807) is 7.11 Å². The molecule has 1 saturated heterocycles. The Morgan fingerprint density at radius 1 is 1.18 bits per heavy atom. The molecular weight excluding hydrogens is 282 g/mol. The average Bonchev–Trinajstić information content (AvgIpc) is 3.35. The van der Waals surface area contributed by atoms with Gasteiger partial charge in [0.05, 0.1) is 13.0 Å². The number of carbonyl (C=O) groups is 2. The molecule has 2 fully saturated rings. The summed E-state index contributed by atoms with van der Waals surface area (Å²) < 4.78 is 5.15. The van der Waals surface area contributed by atoms with Crippen molar-refractivity contribution >= 4 is 11.9 Å². The van der Waals surface area contributed by atoms with Gasteiger partial charge in [-0.2, -0.15) is 0 Å². The molecule has 0 bridgehead atoms. The molecule has 0 spiro atoms. The Labute approximate surface area is 129 Å². The van der Waals surface area contributed by atoms with Crippen molar-refractivity contribution < 1.29 is 19.4 Å². The first-order valence-electron chi connectivity index (χ1n) is 7.75. The largest absolute Gasteiger partial charge is 0.497 e. The Morgan fingerprint density at radius 2 is 1.82 bits per heavy atom. The first-order valence-corrected chi connectivity index (χ1v) is 7.75. The predicted molar refractivity (Wildman–Crippen MR) is 80.8 cm³/mol. The molecule has 1 aliphatic carbocycles. The summed E-state index contributed by atoms with van der Waals surface area (Å²) in [6.45, 7) is 1.14. The molecule has 22 heavy (non-hydrogen) atoms. The smallest absolute Gasteiger partial charge is 0.306 e. The molecule has 2 aliphatic rings. The molecule has 1 aromatic carbocycles. The van der Waals surface area contributed by atoms with Crippen molar-refractivity contribution in [3.8, 4) is 5.75 Å². The number of carbonyl (C=O) groups excluding carboxylic acids is 1. The van der Waals surface area contributed by atoms with Crippen LogP contribution in [0.4, 0.5) is 0 Å². The third-order valence-electron chi connectivity index (χ3n) is 4.81. The number of piperidine rings is 1. The minimum atomic E-state index is -0.741. The van der Waals surface area contributed by atoms with Crippen LogP contribution in [0.5, 0.6) is 5.75 Å². The summed E-state index contributed by atoms with van der Waals surface area (Å²) in [5.74, 6) is 0.341. The number of rotatable bonds is 4. The van der Waals surface area contributed by atoms with E-state index in [4.69, 9.17) is 9.84 Å². The number of likely N-dealkylation sites (tertiary alicyclic amines) is 1. The number of hydrogen-bond donors (Lipinski definition) is 1. The van der Waals surface area contributed by atoms with Crippen LogP contribution in [0.2, 0.25) is 0 Å². The fraction of sp³-hybridized carbons (Fsp3) is 0.529. The first-order chi connectivity index (χ1) is 10.6. The number of hydrogen-bond acceptors (Lipinski definition) is 3. The number of ether oxygens (including phenoxy) is 1. The lowest BCUT2D eigenvalue weighted by atomic mass is 9.96. The molecule has 0 radical (unpaired) electrons. The Bertz CT molecular complexity index is 561. The zero-order chi connectivity index (χ0) is 15.7. The van der Waals surface area contributed by atoms with E-state index in [0.717, 1.165) is 12.2 Å². The molecule has 1 amide bonds. The summed E-state index contributed by atoms with van der Waals surface area (Å²) >= 11 is 0. The number of benzene rings is 1.